The smallest absolute Gasteiger partial charge is 0.356 e. The molecular formula is C14H14ClN3O2. The first-order valence-corrected chi connectivity index (χ1v) is 6.38. The molecule has 0 spiro atoms. The Kier molecular flexibility index (Phi) is 4.20. The number of aromatic carboxylic acids is 1. The third kappa shape index (κ3) is 3.24. The number of carboxylic acids is 1. The molecule has 1 N–H and O–H groups in total. The van der Waals surface area contributed by atoms with E-state index < -0.39 is 5.97 Å². The number of aromatic nitrogens is 2. The van der Waals surface area contributed by atoms with Crippen LogP contribution in [0, 0.1) is 6.92 Å². The summed E-state index contributed by atoms with van der Waals surface area (Å²) in [5, 5.41) is 9.15. The number of hydrogen-bond acceptors (Lipinski definition) is 4. The standard InChI is InChI=1S/C14H14ClN3O2/c1-9-4-3-5-10(16-9)8-18(2)12-7-6-11(15)13(17-12)14(19)20/h3-7H,8H2,1-2H3,(H,19,20). The Bertz CT molecular complexity index is 646. The van der Waals surface area contributed by atoms with Crippen molar-refractivity contribution >= 4 is 23.4 Å². The van der Waals surface area contributed by atoms with Gasteiger partial charge in [-0.05, 0) is 31.2 Å². The van der Waals surface area contributed by atoms with Gasteiger partial charge < -0.3 is 10.0 Å². The third-order valence-corrected chi connectivity index (χ3v) is 3.08. The Morgan fingerprint density at radius 2 is 2.05 bits per heavy atom. The fraction of sp³-hybridized carbons (Fsp3) is 0.214. The van der Waals surface area contributed by atoms with Crippen LogP contribution in [0.4, 0.5) is 5.82 Å². The fourth-order valence-corrected chi connectivity index (χ4v) is 1.99. The van der Waals surface area contributed by atoms with Crippen molar-refractivity contribution in [3.05, 3.63) is 52.4 Å². The molecule has 0 amide bonds. The lowest BCUT2D eigenvalue weighted by atomic mass is 10.3. The Morgan fingerprint density at radius 1 is 1.30 bits per heavy atom. The topological polar surface area (TPSA) is 66.3 Å². The van der Waals surface area contributed by atoms with Gasteiger partial charge in [-0.1, -0.05) is 17.7 Å². The molecule has 0 atom stereocenters. The van der Waals surface area contributed by atoms with Gasteiger partial charge in [0.25, 0.3) is 0 Å². The number of aryl methyl sites for hydroxylation is 1. The normalized spacial score (nSPS) is 10.3. The summed E-state index contributed by atoms with van der Waals surface area (Å²) in [5.74, 6) is -0.603. The Labute approximate surface area is 121 Å². The molecule has 0 aliphatic carbocycles. The van der Waals surface area contributed by atoms with E-state index in [1.807, 2.05) is 37.1 Å². The highest BCUT2D eigenvalue weighted by atomic mass is 35.5. The maximum absolute atomic E-state index is 11.0. The van der Waals surface area contributed by atoms with Crippen LogP contribution < -0.4 is 4.90 Å². The van der Waals surface area contributed by atoms with Crippen LogP contribution in [0.25, 0.3) is 0 Å². The molecule has 0 saturated carbocycles. The zero-order valence-electron chi connectivity index (χ0n) is 11.2. The van der Waals surface area contributed by atoms with Crippen LogP contribution in [0.15, 0.2) is 30.3 Å². The van der Waals surface area contributed by atoms with Crippen molar-refractivity contribution in [2.75, 3.05) is 11.9 Å². The monoisotopic (exact) mass is 291 g/mol. The molecule has 2 rings (SSSR count). The first-order chi connectivity index (χ1) is 9.47. The second-order valence-electron chi connectivity index (χ2n) is 4.43. The summed E-state index contributed by atoms with van der Waals surface area (Å²) < 4.78 is 0. The molecule has 0 saturated heterocycles. The lowest BCUT2D eigenvalue weighted by molar-refractivity contribution is 0.0691. The van der Waals surface area contributed by atoms with Gasteiger partial charge in [-0.2, -0.15) is 0 Å². The molecule has 0 unspecified atom stereocenters. The molecule has 0 radical (unpaired) electrons. The van der Waals surface area contributed by atoms with E-state index in [0.717, 1.165) is 11.4 Å². The first kappa shape index (κ1) is 14.3. The van der Waals surface area contributed by atoms with Crippen molar-refractivity contribution in [3.63, 3.8) is 0 Å². The summed E-state index contributed by atoms with van der Waals surface area (Å²) in [4.78, 5) is 21.3. The van der Waals surface area contributed by atoms with Gasteiger partial charge in [0.05, 0.1) is 17.3 Å². The maximum atomic E-state index is 11.0. The molecule has 5 nitrogen and oxygen atoms in total. The van der Waals surface area contributed by atoms with Gasteiger partial charge in [0.15, 0.2) is 5.69 Å². The highest BCUT2D eigenvalue weighted by Gasteiger charge is 2.13. The molecule has 0 aliphatic heterocycles. The van der Waals surface area contributed by atoms with E-state index >= 15 is 0 Å². The van der Waals surface area contributed by atoms with Crippen LogP contribution in [0.1, 0.15) is 21.9 Å². The van der Waals surface area contributed by atoms with Crippen molar-refractivity contribution in [1.29, 1.82) is 0 Å². The molecule has 0 bridgehead atoms. The molecule has 104 valence electrons. The summed E-state index contributed by atoms with van der Waals surface area (Å²) in [7, 11) is 1.83. The fourth-order valence-electron chi connectivity index (χ4n) is 1.81. The average molecular weight is 292 g/mol. The van der Waals surface area contributed by atoms with Crippen molar-refractivity contribution in [2.45, 2.75) is 13.5 Å². The van der Waals surface area contributed by atoms with Crippen LogP contribution in [-0.2, 0) is 6.54 Å². The quantitative estimate of drug-likeness (QED) is 0.938. The maximum Gasteiger partial charge on any atom is 0.356 e. The average Bonchev–Trinajstić information content (AvgIpc) is 2.38. The minimum atomic E-state index is -1.14. The lowest BCUT2D eigenvalue weighted by Gasteiger charge is -2.18. The van der Waals surface area contributed by atoms with E-state index in [1.165, 1.54) is 6.07 Å². The summed E-state index contributed by atoms with van der Waals surface area (Å²) in [6, 6.07) is 8.99. The number of carbonyl (C=O) groups is 1. The molecular weight excluding hydrogens is 278 g/mol. The highest BCUT2D eigenvalue weighted by Crippen LogP contribution is 2.19. The number of nitrogens with zero attached hydrogens (tertiary/aromatic N) is 3. The first-order valence-electron chi connectivity index (χ1n) is 6.01. The Morgan fingerprint density at radius 3 is 2.70 bits per heavy atom. The number of rotatable bonds is 4. The molecule has 0 fully saturated rings. The number of halogens is 1. The summed E-state index contributed by atoms with van der Waals surface area (Å²) in [6.45, 7) is 2.46. The number of anilines is 1. The largest absolute Gasteiger partial charge is 0.476 e. The predicted octanol–water partition coefficient (Wildman–Crippen LogP) is 2.77. The second-order valence-corrected chi connectivity index (χ2v) is 4.84. The molecule has 2 aromatic heterocycles. The number of pyridine rings is 2. The molecule has 0 aliphatic rings. The van der Waals surface area contributed by atoms with Crippen LogP contribution in [0.2, 0.25) is 5.02 Å². The second kappa shape index (κ2) is 5.88. The lowest BCUT2D eigenvalue weighted by Crippen LogP contribution is -2.19. The van der Waals surface area contributed by atoms with Gasteiger partial charge in [-0.25, -0.2) is 9.78 Å². The van der Waals surface area contributed by atoms with E-state index in [0.29, 0.717) is 12.4 Å². The minimum Gasteiger partial charge on any atom is -0.476 e. The van der Waals surface area contributed by atoms with E-state index in [1.54, 1.807) is 6.07 Å². The van der Waals surface area contributed by atoms with Crippen molar-refractivity contribution in [3.8, 4) is 0 Å². The number of hydrogen-bond donors (Lipinski definition) is 1. The van der Waals surface area contributed by atoms with Gasteiger partial charge >= 0.3 is 5.97 Å². The summed E-state index contributed by atoms with van der Waals surface area (Å²) >= 11 is 5.80. The predicted molar refractivity (Wildman–Crippen MR) is 77.3 cm³/mol. The Hall–Kier alpha value is -2.14. The summed E-state index contributed by atoms with van der Waals surface area (Å²) in [6.07, 6.45) is 0. The van der Waals surface area contributed by atoms with Crippen molar-refractivity contribution in [1.82, 2.24) is 9.97 Å². The molecule has 6 heteroatoms. The van der Waals surface area contributed by atoms with Crippen molar-refractivity contribution in [2.24, 2.45) is 0 Å². The Balaban J connectivity index is 2.23. The molecule has 20 heavy (non-hydrogen) atoms. The van der Waals surface area contributed by atoms with E-state index in [2.05, 4.69) is 9.97 Å². The number of carboxylic acid groups (broad SMARTS) is 1. The zero-order chi connectivity index (χ0) is 14.7. The van der Waals surface area contributed by atoms with E-state index in [9.17, 15) is 4.79 Å². The van der Waals surface area contributed by atoms with Crippen LogP contribution in [-0.4, -0.2) is 28.1 Å². The van der Waals surface area contributed by atoms with Crippen molar-refractivity contribution < 1.29 is 9.90 Å². The highest BCUT2D eigenvalue weighted by molar-refractivity contribution is 6.33. The minimum absolute atomic E-state index is 0.128. The molecule has 2 aromatic rings. The van der Waals surface area contributed by atoms with Gasteiger partial charge in [-0.3, -0.25) is 4.98 Å². The van der Waals surface area contributed by atoms with E-state index in [-0.39, 0.29) is 10.7 Å². The van der Waals surface area contributed by atoms with E-state index in [4.69, 9.17) is 16.7 Å². The molecule has 0 aromatic carbocycles. The van der Waals surface area contributed by atoms with Gasteiger partial charge in [-0.15, -0.1) is 0 Å². The summed E-state index contributed by atoms with van der Waals surface area (Å²) in [5.41, 5.74) is 1.68. The van der Waals surface area contributed by atoms with Crippen LogP contribution in [0.5, 0.6) is 0 Å². The SMILES string of the molecule is Cc1cccc(CN(C)c2ccc(Cl)c(C(=O)O)n2)n1. The zero-order valence-corrected chi connectivity index (χ0v) is 11.9. The van der Waals surface area contributed by atoms with Gasteiger partial charge in [0.2, 0.25) is 0 Å². The van der Waals surface area contributed by atoms with Gasteiger partial charge in [0, 0.05) is 12.7 Å². The van der Waals surface area contributed by atoms with Gasteiger partial charge in [0.1, 0.15) is 5.82 Å². The van der Waals surface area contributed by atoms with Crippen LogP contribution >= 0.6 is 11.6 Å². The third-order valence-electron chi connectivity index (χ3n) is 2.77. The molecule has 2 heterocycles. The van der Waals surface area contributed by atoms with Crippen LogP contribution in [0.3, 0.4) is 0 Å².